The maximum Gasteiger partial charge on any atom is 0.251 e. The average Bonchev–Trinajstić information content (AvgIpc) is 3.18. The van der Waals surface area contributed by atoms with Gasteiger partial charge in [-0.2, -0.15) is 0 Å². The van der Waals surface area contributed by atoms with Gasteiger partial charge in [-0.05, 0) is 43.2 Å². The van der Waals surface area contributed by atoms with E-state index in [1.54, 1.807) is 36.4 Å². The normalized spacial score (nSPS) is 11.8. The van der Waals surface area contributed by atoms with Gasteiger partial charge in [0, 0.05) is 22.8 Å². The number of nitrogens with zero attached hydrogens (tertiary/aromatic N) is 3. The molecule has 0 fully saturated rings. The predicted octanol–water partition coefficient (Wildman–Crippen LogP) is 5.28. The Morgan fingerprint density at radius 2 is 1.94 bits per heavy atom. The van der Waals surface area contributed by atoms with Crippen molar-refractivity contribution in [2.24, 2.45) is 5.92 Å². The van der Waals surface area contributed by atoms with Gasteiger partial charge in [0.15, 0.2) is 11.0 Å². The molecule has 1 heterocycles. The number of halogens is 1. The smallest absolute Gasteiger partial charge is 0.251 e. The Bertz CT molecular complexity index is 1180. The molecule has 2 amide bonds. The number of amides is 2. The van der Waals surface area contributed by atoms with Crippen molar-refractivity contribution in [1.29, 1.82) is 0 Å². The molecule has 3 aromatic rings. The Kier molecular flexibility index (Phi) is 8.90. The molecular formula is C25H28ClN5O2S. The zero-order valence-electron chi connectivity index (χ0n) is 19.4. The molecule has 34 heavy (non-hydrogen) atoms. The lowest BCUT2D eigenvalue weighted by atomic mass is 10.0. The van der Waals surface area contributed by atoms with Gasteiger partial charge in [-0.25, -0.2) is 0 Å². The number of aromatic nitrogens is 3. The Balaban J connectivity index is 1.75. The van der Waals surface area contributed by atoms with Gasteiger partial charge in [0.2, 0.25) is 5.91 Å². The van der Waals surface area contributed by atoms with Crippen molar-refractivity contribution in [3.63, 3.8) is 0 Å². The first kappa shape index (κ1) is 25.5. The minimum atomic E-state index is -0.366. The fourth-order valence-corrected chi connectivity index (χ4v) is 4.32. The van der Waals surface area contributed by atoms with Gasteiger partial charge in [0.1, 0.15) is 0 Å². The van der Waals surface area contributed by atoms with Crippen LogP contribution in [0.15, 0.2) is 66.3 Å². The van der Waals surface area contributed by atoms with E-state index in [1.165, 1.54) is 11.8 Å². The molecule has 3 rings (SSSR count). The minimum Gasteiger partial charge on any atom is -0.342 e. The molecule has 0 spiro atoms. The van der Waals surface area contributed by atoms with Crippen LogP contribution < -0.4 is 10.6 Å². The summed E-state index contributed by atoms with van der Waals surface area (Å²) >= 11 is 7.25. The fourth-order valence-electron chi connectivity index (χ4n) is 3.37. The number of anilines is 1. The molecule has 9 heteroatoms. The lowest BCUT2D eigenvalue weighted by Gasteiger charge is -2.22. The second kappa shape index (κ2) is 11.9. The van der Waals surface area contributed by atoms with Crippen LogP contribution in [0.4, 0.5) is 5.69 Å². The monoisotopic (exact) mass is 497 g/mol. The summed E-state index contributed by atoms with van der Waals surface area (Å²) in [6.07, 6.45) is 1.74. The van der Waals surface area contributed by atoms with E-state index in [9.17, 15) is 9.59 Å². The van der Waals surface area contributed by atoms with Gasteiger partial charge in [0.25, 0.3) is 5.91 Å². The Labute approximate surface area is 209 Å². The highest BCUT2D eigenvalue weighted by Crippen LogP contribution is 2.26. The molecule has 2 aromatic carbocycles. The Hall–Kier alpha value is -3.10. The maximum absolute atomic E-state index is 12.9. The van der Waals surface area contributed by atoms with Crippen molar-refractivity contribution < 1.29 is 9.59 Å². The average molecular weight is 498 g/mol. The summed E-state index contributed by atoms with van der Waals surface area (Å²) in [5.41, 5.74) is 2.23. The number of nitrogens with one attached hydrogen (secondary N) is 2. The zero-order chi connectivity index (χ0) is 24.7. The molecule has 7 nitrogen and oxygen atoms in total. The Morgan fingerprint density at radius 3 is 2.62 bits per heavy atom. The molecule has 0 aliphatic rings. The number of benzene rings is 2. The quantitative estimate of drug-likeness (QED) is 0.293. The van der Waals surface area contributed by atoms with Crippen molar-refractivity contribution in [3.05, 3.63) is 83.2 Å². The zero-order valence-corrected chi connectivity index (χ0v) is 21.0. The SMILES string of the molecule is C=CCn1c(SCC(=O)Nc2cccc(Cl)c2)nnc1[C@H](NC(=O)c1cccc(C)c1)C(C)C. The summed E-state index contributed by atoms with van der Waals surface area (Å²) in [7, 11) is 0. The summed E-state index contributed by atoms with van der Waals surface area (Å²) < 4.78 is 1.88. The van der Waals surface area contributed by atoms with Gasteiger partial charge in [-0.1, -0.05) is 67.0 Å². The van der Waals surface area contributed by atoms with E-state index in [-0.39, 0.29) is 29.5 Å². The summed E-state index contributed by atoms with van der Waals surface area (Å²) in [4.78, 5) is 25.4. The van der Waals surface area contributed by atoms with E-state index in [2.05, 4.69) is 27.4 Å². The molecule has 0 saturated heterocycles. The first-order valence-corrected chi connectivity index (χ1v) is 12.2. The summed E-state index contributed by atoms with van der Waals surface area (Å²) in [5.74, 6) is 0.462. The number of aryl methyl sites for hydroxylation is 1. The van der Waals surface area contributed by atoms with Crippen LogP contribution in [0.2, 0.25) is 5.02 Å². The molecule has 1 atom stereocenters. The van der Waals surface area contributed by atoms with Crippen molar-refractivity contribution in [2.45, 2.75) is 38.5 Å². The molecule has 178 valence electrons. The van der Waals surface area contributed by atoms with Gasteiger partial charge in [-0.15, -0.1) is 16.8 Å². The van der Waals surface area contributed by atoms with Crippen molar-refractivity contribution in [3.8, 4) is 0 Å². The lowest BCUT2D eigenvalue weighted by molar-refractivity contribution is -0.113. The third-order valence-corrected chi connectivity index (χ3v) is 6.21. The van der Waals surface area contributed by atoms with E-state index < -0.39 is 0 Å². The van der Waals surface area contributed by atoms with Crippen molar-refractivity contribution in [2.75, 3.05) is 11.1 Å². The lowest BCUT2D eigenvalue weighted by Crippen LogP contribution is -2.34. The number of carbonyl (C=O) groups excluding carboxylic acids is 2. The van der Waals surface area contributed by atoms with Crippen LogP contribution in [-0.4, -0.2) is 32.3 Å². The molecule has 0 bridgehead atoms. The maximum atomic E-state index is 12.9. The minimum absolute atomic E-state index is 0.0607. The largest absolute Gasteiger partial charge is 0.342 e. The van der Waals surface area contributed by atoms with Crippen molar-refractivity contribution in [1.82, 2.24) is 20.1 Å². The molecular weight excluding hydrogens is 470 g/mol. The van der Waals surface area contributed by atoms with Crippen molar-refractivity contribution >= 4 is 40.9 Å². The van der Waals surface area contributed by atoms with E-state index in [0.29, 0.717) is 33.8 Å². The van der Waals surface area contributed by atoms with Crippen LogP contribution in [0.5, 0.6) is 0 Å². The molecule has 1 aromatic heterocycles. The van der Waals surface area contributed by atoms with Crippen LogP contribution in [0.25, 0.3) is 0 Å². The molecule has 0 radical (unpaired) electrons. The highest BCUT2D eigenvalue weighted by atomic mass is 35.5. The van der Waals surface area contributed by atoms with Gasteiger partial charge >= 0.3 is 0 Å². The summed E-state index contributed by atoms with van der Waals surface area (Å²) in [6, 6.07) is 14.1. The molecule has 2 N–H and O–H groups in total. The van der Waals surface area contributed by atoms with E-state index in [1.807, 2.05) is 43.5 Å². The summed E-state index contributed by atoms with van der Waals surface area (Å²) in [5, 5.41) is 15.7. The number of thioether (sulfide) groups is 1. The number of carbonyl (C=O) groups is 2. The highest BCUT2D eigenvalue weighted by molar-refractivity contribution is 7.99. The second-order valence-corrected chi connectivity index (χ2v) is 9.53. The van der Waals surface area contributed by atoms with Crippen LogP contribution in [0.3, 0.4) is 0 Å². The third kappa shape index (κ3) is 6.71. The first-order valence-electron chi connectivity index (χ1n) is 10.9. The van der Waals surface area contributed by atoms with Gasteiger partial charge in [-0.3, -0.25) is 9.59 Å². The number of hydrogen-bond acceptors (Lipinski definition) is 5. The number of rotatable bonds is 10. The fraction of sp³-hybridized carbons (Fsp3) is 0.280. The molecule has 0 unspecified atom stereocenters. The van der Waals surface area contributed by atoms with E-state index in [0.717, 1.165) is 5.56 Å². The van der Waals surface area contributed by atoms with Crippen LogP contribution in [0.1, 0.15) is 41.6 Å². The highest BCUT2D eigenvalue weighted by Gasteiger charge is 2.26. The number of hydrogen-bond donors (Lipinski definition) is 2. The first-order chi connectivity index (χ1) is 16.3. The second-order valence-electron chi connectivity index (χ2n) is 8.15. The summed E-state index contributed by atoms with van der Waals surface area (Å²) in [6.45, 7) is 10.3. The predicted molar refractivity (Wildman–Crippen MR) is 137 cm³/mol. The third-order valence-electron chi connectivity index (χ3n) is 5.01. The van der Waals surface area contributed by atoms with Crippen LogP contribution >= 0.6 is 23.4 Å². The van der Waals surface area contributed by atoms with Crippen LogP contribution in [0, 0.1) is 12.8 Å². The standard InChI is InChI=1S/C25H28ClN5O2S/c1-5-12-31-23(22(16(2)3)28-24(33)18-9-6-8-17(4)13-18)29-30-25(31)34-15-21(32)27-20-11-7-10-19(26)14-20/h5-11,13-14,16,22H,1,12,15H2,2-4H3,(H,27,32)(H,28,33)/t22-/m1/s1. The molecule has 0 aliphatic heterocycles. The van der Waals surface area contributed by atoms with Gasteiger partial charge in [0.05, 0.1) is 11.8 Å². The van der Waals surface area contributed by atoms with Crippen LogP contribution in [-0.2, 0) is 11.3 Å². The molecule has 0 saturated carbocycles. The van der Waals surface area contributed by atoms with E-state index >= 15 is 0 Å². The Morgan fingerprint density at radius 1 is 1.18 bits per heavy atom. The topological polar surface area (TPSA) is 88.9 Å². The number of allylic oxidation sites excluding steroid dienone is 1. The van der Waals surface area contributed by atoms with Gasteiger partial charge < -0.3 is 15.2 Å². The molecule has 0 aliphatic carbocycles. The van der Waals surface area contributed by atoms with E-state index in [4.69, 9.17) is 11.6 Å².